The van der Waals surface area contributed by atoms with Gasteiger partial charge in [0.2, 0.25) is 0 Å². The number of aliphatic hydroxyl groups is 1. The van der Waals surface area contributed by atoms with Crippen molar-refractivity contribution < 1.29 is 14.6 Å². The third-order valence-electron chi connectivity index (χ3n) is 5.90. The Kier molecular flexibility index (Phi) is 8.23. The fourth-order valence-corrected chi connectivity index (χ4v) is 4.58. The second kappa shape index (κ2) is 10.7. The van der Waals surface area contributed by atoms with Gasteiger partial charge in [0.25, 0.3) is 0 Å². The molecule has 0 fully saturated rings. The summed E-state index contributed by atoms with van der Waals surface area (Å²) >= 11 is 12.5. The lowest BCUT2D eigenvalue weighted by atomic mass is 9.87. The molecule has 2 N–H and O–H groups in total. The van der Waals surface area contributed by atoms with Gasteiger partial charge in [0, 0.05) is 42.0 Å². The molecule has 168 valence electrons. The summed E-state index contributed by atoms with van der Waals surface area (Å²) < 4.78 is 5.26. The van der Waals surface area contributed by atoms with Crippen LogP contribution in [0.5, 0.6) is 0 Å². The number of nitrogens with zero attached hydrogens (tertiary/aromatic N) is 1. The smallest absolute Gasteiger partial charge is 0.331 e. The molecule has 7 heteroatoms. The van der Waals surface area contributed by atoms with Crippen LogP contribution in [0.25, 0.3) is 0 Å². The van der Waals surface area contributed by atoms with Crippen molar-refractivity contribution in [2.75, 3.05) is 32.1 Å². The molecule has 0 saturated carbocycles. The van der Waals surface area contributed by atoms with Crippen LogP contribution in [0.15, 0.2) is 42.5 Å². The van der Waals surface area contributed by atoms with E-state index in [1.165, 1.54) is 7.11 Å². The van der Waals surface area contributed by atoms with E-state index in [-0.39, 0.29) is 18.5 Å². The van der Waals surface area contributed by atoms with Crippen LogP contribution in [-0.2, 0) is 22.5 Å². The maximum atomic E-state index is 13.1. The molecule has 0 amide bonds. The molecule has 0 spiro atoms. The Bertz CT molecular complexity index is 908. The average molecular weight is 465 g/mol. The molecule has 0 bridgehead atoms. The molecule has 0 radical (unpaired) electrons. The summed E-state index contributed by atoms with van der Waals surface area (Å²) in [6.45, 7) is 4.23. The van der Waals surface area contributed by atoms with E-state index < -0.39 is 5.54 Å². The maximum Gasteiger partial charge on any atom is 0.331 e. The summed E-state index contributed by atoms with van der Waals surface area (Å²) in [7, 11) is 1.43. The molecule has 1 aliphatic rings. The highest BCUT2D eigenvalue weighted by Gasteiger charge is 2.40. The van der Waals surface area contributed by atoms with E-state index in [2.05, 4.69) is 10.2 Å². The number of hydrogen-bond acceptors (Lipinski definition) is 5. The van der Waals surface area contributed by atoms with E-state index in [1.54, 1.807) is 6.07 Å². The number of rotatable bonds is 6. The normalized spacial score (nSPS) is 20.7. The number of aliphatic hydroxyl groups excluding tert-OH is 1. The van der Waals surface area contributed by atoms with Crippen LogP contribution >= 0.6 is 23.2 Å². The summed E-state index contributed by atoms with van der Waals surface area (Å²) in [6.07, 6.45) is 1.84. The molecular formula is C24H30Cl2N2O3. The van der Waals surface area contributed by atoms with Gasteiger partial charge in [-0.1, -0.05) is 42.3 Å². The molecule has 1 aliphatic heterocycles. The first kappa shape index (κ1) is 23.9. The van der Waals surface area contributed by atoms with Crippen molar-refractivity contribution in [1.29, 1.82) is 0 Å². The van der Waals surface area contributed by atoms with E-state index >= 15 is 0 Å². The Labute approximate surface area is 194 Å². The lowest BCUT2D eigenvalue weighted by Crippen LogP contribution is -2.49. The molecule has 0 saturated heterocycles. The van der Waals surface area contributed by atoms with Crippen molar-refractivity contribution >= 4 is 34.9 Å². The van der Waals surface area contributed by atoms with E-state index in [1.807, 2.05) is 43.3 Å². The van der Waals surface area contributed by atoms with Crippen LogP contribution in [0, 0.1) is 5.92 Å². The first-order valence-electron chi connectivity index (χ1n) is 10.6. The molecular weight excluding hydrogens is 435 g/mol. The second-order valence-electron chi connectivity index (χ2n) is 8.39. The topological polar surface area (TPSA) is 61.8 Å². The minimum absolute atomic E-state index is 0.113. The van der Waals surface area contributed by atoms with Gasteiger partial charge in [-0.25, -0.2) is 4.79 Å². The van der Waals surface area contributed by atoms with E-state index in [9.17, 15) is 9.90 Å². The van der Waals surface area contributed by atoms with E-state index in [0.29, 0.717) is 42.4 Å². The van der Waals surface area contributed by atoms with Gasteiger partial charge in [0.05, 0.1) is 7.11 Å². The quantitative estimate of drug-likeness (QED) is 0.601. The molecule has 2 atom stereocenters. The second-order valence-corrected chi connectivity index (χ2v) is 9.27. The zero-order chi connectivity index (χ0) is 22.4. The zero-order valence-corrected chi connectivity index (χ0v) is 19.5. The summed E-state index contributed by atoms with van der Waals surface area (Å²) in [6, 6.07) is 13.3. The summed E-state index contributed by atoms with van der Waals surface area (Å²) in [5.74, 6) is -0.170. The molecule has 2 aromatic carbocycles. The van der Waals surface area contributed by atoms with Crippen molar-refractivity contribution in [3.63, 3.8) is 0 Å². The standard InChI is InChI=1S/C24H30Cl2N2O3/c1-17(16-29)14-28-11-10-24(23(30)31-2,27-22-5-3-4-20(25)13-22)9-8-18-6-7-21(26)12-19(18)15-28/h3-7,12-13,17,27,29H,8-11,14-16H2,1-2H3/t17-,24-/m1/s1. The lowest BCUT2D eigenvalue weighted by Gasteiger charge is -2.35. The minimum atomic E-state index is -0.901. The molecule has 1 heterocycles. The first-order chi connectivity index (χ1) is 14.8. The minimum Gasteiger partial charge on any atom is -0.467 e. The number of ether oxygens (including phenoxy) is 1. The Hall–Kier alpha value is -1.79. The number of aryl methyl sites for hydroxylation is 1. The highest BCUT2D eigenvalue weighted by Crippen LogP contribution is 2.31. The van der Waals surface area contributed by atoms with Crippen LogP contribution in [0.1, 0.15) is 30.9 Å². The first-order valence-corrected chi connectivity index (χ1v) is 11.3. The number of anilines is 1. The molecule has 31 heavy (non-hydrogen) atoms. The predicted molar refractivity (Wildman–Crippen MR) is 126 cm³/mol. The molecule has 2 aromatic rings. The SMILES string of the molecule is COC(=O)[C@@]1(Nc2cccc(Cl)c2)CCc2ccc(Cl)cc2CN(C[C@@H](C)CO)CC1. The lowest BCUT2D eigenvalue weighted by molar-refractivity contribution is -0.146. The highest BCUT2D eigenvalue weighted by molar-refractivity contribution is 6.31. The number of carbonyl (C=O) groups excluding carboxylic acids is 1. The fraction of sp³-hybridized carbons (Fsp3) is 0.458. The summed E-state index contributed by atoms with van der Waals surface area (Å²) in [5.41, 5.74) is 2.19. The largest absolute Gasteiger partial charge is 0.467 e. The van der Waals surface area contributed by atoms with Gasteiger partial charge in [0.15, 0.2) is 0 Å². The van der Waals surface area contributed by atoms with Gasteiger partial charge in [-0.15, -0.1) is 0 Å². The number of fused-ring (bicyclic) bond motifs is 1. The summed E-state index contributed by atoms with van der Waals surface area (Å²) in [5, 5.41) is 14.3. The Morgan fingerprint density at radius 2 is 1.97 bits per heavy atom. The number of hydrogen-bond donors (Lipinski definition) is 2. The third kappa shape index (κ3) is 6.13. The molecule has 0 aromatic heterocycles. The van der Waals surface area contributed by atoms with Crippen molar-refractivity contribution in [3.05, 3.63) is 63.6 Å². The third-order valence-corrected chi connectivity index (χ3v) is 6.37. The number of nitrogens with one attached hydrogen (secondary N) is 1. The Morgan fingerprint density at radius 3 is 2.68 bits per heavy atom. The maximum absolute atomic E-state index is 13.1. The number of methoxy groups -OCH3 is 1. The van der Waals surface area contributed by atoms with Crippen molar-refractivity contribution in [1.82, 2.24) is 4.90 Å². The van der Waals surface area contributed by atoms with Gasteiger partial charge in [0.1, 0.15) is 5.54 Å². The van der Waals surface area contributed by atoms with E-state index in [0.717, 1.165) is 23.4 Å². The highest BCUT2D eigenvalue weighted by atomic mass is 35.5. The van der Waals surface area contributed by atoms with Crippen LogP contribution in [-0.4, -0.2) is 48.3 Å². The van der Waals surface area contributed by atoms with Crippen LogP contribution < -0.4 is 5.32 Å². The number of halogens is 2. The van der Waals surface area contributed by atoms with Crippen molar-refractivity contribution in [3.8, 4) is 0 Å². The molecule has 5 nitrogen and oxygen atoms in total. The summed E-state index contributed by atoms with van der Waals surface area (Å²) in [4.78, 5) is 15.4. The van der Waals surface area contributed by atoms with Crippen LogP contribution in [0.4, 0.5) is 5.69 Å². The number of esters is 1. The average Bonchev–Trinajstić information content (AvgIpc) is 2.82. The molecule has 0 unspecified atom stereocenters. The number of carbonyl (C=O) groups is 1. The van der Waals surface area contributed by atoms with Gasteiger partial charge >= 0.3 is 5.97 Å². The molecule has 0 aliphatic carbocycles. The Balaban J connectivity index is 1.99. The van der Waals surface area contributed by atoms with Gasteiger partial charge in [-0.2, -0.15) is 0 Å². The zero-order valence-electron chi connectivity index (χ0n) is 18.0. The van der Waals surface area contributed by atoms with Gasteiger partial charge < -0.3 is 15.2 Å². The van der Waals surface area contributed by atoms with Crippen molar-refractivity contribution in [2.45, 2.75) is 38.3 Å². The van der Waals surface area contributed by atoms with Crippen LogP contribution in [0.3, 0.4) is 0 Å². The fourth-order valence-electron chi connectivity index (χ4n) is 4.20. The Morgan fingerprint density at radius 1 is 1.19 bits per heavy atom. The predicted octanol–water partition coefficient (Wildman–Crippen LogP) is 4.78. The number of benzene rings is 2. The van der Waals surface area contributed by atoms with Gasteiger partial charge in [-0.3, -0.25) is 4.90 Å². The monoisotopic (exact) mass is 464 g/mol. The van der Waals surface area contributed by atoms with Gasteiger partial charge in [-0.05, 0) is 66.6 Å². The van der Waals surface area contributed by atoms with Crippen molar-refractivity contribution in [2.24, 2.45) is 5.92 Å². The van der Waals surface area contributed by atoms with E-state index in [4.69, 9.17) is 27.9 Å². The molecule has 3 rings (SSSR count). The van der Waals surface area contributed by atoms with Crippen LogP contribution in [0.2, 0.25) is 10.0 Å².